The minimum atomic E-state index is 0.677. The van der Waals surface area contributed by atoms with Crippen LogP contribution < -0.4 is 10.2 Å². The highest BCUT2D eigenvalue weighted by atomic mass is 15.3. The summed E-state index contributed by atoms with van der Waals surface area (Å²) in [6.07, 6.45) is 7.44. The van der Waals surface area contributed by atoms with Gasteiger partial charge in [0.15, 0.2) is 0 Å². The van der Waals surface area contributed by atoms with E-state index in [1.807, 2.05) is 25.2 Å². The van der Waals surface area contributed by atoms with E-state index in [-0.39, 0.29) is 0 Å². The van der Waals surface area contributed by atoms with Crippen molar-refractivity contribution in [3.8, 4) is 0 Å². The summed E-state index contributed by atoms with van der Waals surface area (Å²) in [6.45, 7) is 3.29. The Hall–Kier alpha value is -1.03. The summed E-state index contributed by atoms with van der Waals surface area (Å²) < 4.78 is 2.17. The van der Waals surface area contributed by atoms with Crippen molar-refractivity contribution in [1.82, 2.24) is 14.9 Å². The molecular formula is C14H26N4. The van der Waals surface area contributed by atoms with Crippen molar-refractivity contribution < 1.29 is 0 Å². The van der Waals surface area contributed by atoms with Gasteiger partial charge in [0.25, 0.3) is 0 Å². The molecule has 0 aromatic carbocycles. The molecule has 2 atom stereocenters. The lowest BCUT2D eigenvalue weighted by molar-refractivity contribution is 0.278. The van der Waals surface area contributed by atoms with E-state index in [1.54, 1.807) is 0 Å². The number of hydrogen-bond donors (Lipinski definition) is 1. The van der Waals surface area contributed by atoms with Crippen molar-refractivity contribution in [2.45, 2.75) is 45.2 Å². The molecule has 1 aromatic rings. The standard InChI is InChI=1S/C14H26N4/c1-11-7-5-6-8-13(11)15-9-12-10-16-14(17(2)3)18(12)4/h10-11,13,15H,5-9H2,1-4H3. The van der Waals surface area contributed by atoms with Gasteiger partial charge in [0.2, 0.25) is 5.95 Å². The number of anilines is 1. The number of hydrogen-bond acceptors (Lipinski definition) is 3. The van der Waals surface area contributed by atoms with Crippen molar-refractivity contribution in [1.29, 1.82) is 0 Å². The second kappa shape index (κ2) is 5.74. The highest BCUT2D eigenvalue weighted by Gasteiger charge is 2.21. The summed E-state index contributed by atoms with van der Waals surface area (Å²) in [5.41, 5.74) is 1.26. The van der Waals surface area contributed by atoms with Gasteiger partial charge in [-0.1, -0.05) is 19.8 Å². The normalized spacial score (nSPS) is 24.2. The fourth-order valence-corrected chi connectivity index (χ4v) is 2.87. The second-order valence-corrected chi connectivity index (χ2v) is 5.75. The molecule has 4 nitrogen and oxygen atoms in total. The largest absolute Gasteiger partial charge is 0.348 e. The third kappa shape index (κ3) is 2.86. The zero-order valence-electron chi connectivity index (χ0n) is 12.1. The molecule has 1 saturated carbocycles. The van der Waals surface area contributed by atoms with E-state index < -0.39 is 0 Å². The molecule has 0 bridgehead atoms. The molecular weight excluding hydrogens is 224 g/mol. The summed E-state index contributed by atoms with van der Waals surface area (Å²) in [5, 5.41) is 3.70. The first kappa shape index (κ1) is 13.4. The molecule has 102 valence electrons. The average molecular weight is 250 g/mol. The quantitative estimate of drug-likeness (QED) is 0.889. The van der Waals surface area contributed by atoms with Crippen LogP contribution in [0.15, 0.2) is 6.20 Å². The Bertz CT molecular complexity index is 383. The fourth-order valence-electron chi connectivity index (χ4n) is 2.87. The molecule has 1 aromatic heterocycles. The van der Waals surface area contributed by atoms with Crippen LogP contribution in [0.25, 0.3) is 0 Å². The summed E-state index contributed by atoms with van der Waals surface area (Å²) in [6, 6.07) is 0.677. The van der Waals surface area contributed by atoms with E-state index in [1.165, 1.54) is 31.4 Å². The van der Waals surface area contributed by atoms with Crippen LogP contribution in [0.2, 0.25) is 0 Å². The van der Waals surface area contributed by atoms with Crippen molar-refractivity contribution in [3.05, 3.63) is 11.9 Å². The van der Waals surface area contributed by atoms with E-state index in [4.69, 9.17) is 0 Å². The van der Waals surface area contributed by atoms with Gasteiger partial charge in [-0.2, -0.15) is 0 Å². The molecule has 2 unspecified atom stereocenters. The van der Waals surface area contributed by atoms with Gasteiger partial charge in [0.1, 0.15) is 0 Å². The molecule has 0 amide bonds. The Morgan fingerprint density at radius 2 is 2.11 bits per heavy atom. The molecule has 0 spiro atoms. The Morgan fingerprint density at radius 3 is 2.72 bits per heavy atom. The SMILES string of the molecule is CC1CCCCC1NCc1cnc(N(C)C)n1C. The fraction of sp³-hybridized carbons (Fsp3) is 0.786. The van der Waals surface area contributed by atoms with Gasteiger partial charge < -0.3 is 14.8 Å². The summed E-state index contributed by atoms with van der Waals surface area (Å²) in [4.78, 5) is 6.50. The molecule has 1 heterocycles. The molecule has 1 aliphatic rings. The molecule has 0 saturated heterocycles. The van der Waals surface area contributed by atoms with E-state index in [0.29, 0.717) is 6.04 Å². The van der Waals surface area contributed by atoms with Crippen molar-refractivity contribution in [2.75, 3.05) is 19.0 Å². The monoisotopic (exact) mass is 250 g/mol. The molecule has 1 aliphatic carbocycles. The smallest absolute Gasteiger partial charge is 0.204 e. The van der Waals surface area contributed by atoms with Gasteiger partial charge in [-0.05, 0) is 18.8 Å². The highest BCUT2D eigenvalue weighted by Crippen LogP contribution is 2.24. The first-order valence-electron chi connectivity index (χ1n) is 7.01. The number of aromatic nitrogens is 2. The highest BCUT2D eigenvalue weighted by molar-refractivity contribution is 5.30. The van der Waals surface area contributed by atoms with Crippen molar-refractivity contribution in [3.63, 3.8) is 0 Å². The van der Waals surface area contributed by atoms with E-state index in [9.17, 15) is 0 Å². The van der Waals surface area contributed by atoms with Crippen LogP contribution in [0.4, 0.5) is 5.95 Å². The summed E-state index contributed by atoms with van der Waals surface area (Å²) >= 11 is 0. The Morgan fingerprint density at radius 1 is 1.39 bits per heavy atom. The van der Waals surface area contributed by atoms with Gasteiger partial charge >= 0.3 is 0 Å². The third-order valence-electron chi connectivity index (χ3n) is 4.12. The van der Waals surface area contributed by atoms with E-state index >= 15 is 0 Å². The lowest BCUT2D eigenvalue weighted by atomic mass is 9.86. The predicted molar refractivity (Wildman–Crippen MR) is 75.8 cm³/mol. The van der Waals surface area contributed by atoms with Crippen molar-refractivity contribution in [2.24, 2.45) is 13.0 Å². The lowest BCUT2D eigenvalue weighted by Crippen LogP contribution is -2.37. The van der Waals surface area contributed by atoms with Gasteiger partial charge in [-0.25, -0.2) is 4.98 Å². The van der Waals surface area contributed by atoms with Crippen LogP contribution in [0, 0.1) is 5.92 Å². The predicted octanol–water partition coefficient (Wildman–Crippen LogP) is 2.15. The van der Waals surface area contributed by atoms with E-state index in [0.717, 1.165) is 18.4 Å². The maximum Gasteiger partial charge on any atom is 0.204 e. The first-order valence-corrected chi connectivity index (χ1v) is 7.01. The van der Waals surface area contributed by atoms with Gasteiger partial charge in [-0.3, -0.25) is 0 Å². The van der Waals surface area contributed by atoms with Crippen LogP contribution in [0.1, 0.15) is 38.3 Å². The van der Waals surface area contributed by atoms with E-state index in [2.05, 4.69) is 28.8 Å². The van der Waals surface area contributed by atoms with Crippen LogP contribution in [0.3, 0.4) is 0 Å². The first-order chi connectivity index (χ1) is 8.59. The van der Waals surface area contributed by atoms with Gasteiger partial charge in [0, 0.05) is 33.7 Å². The topological polar surface area (TPSA) is 33.1 Å². The maximum absolute atomic E-state index is 4.45. The zero-order valence-corrected chi connectivity index (χ0v) is 12.1. The maximum atomic E-state index is 4.45. The van der Waals surface area contributed by atoms with Crippen LogP contribution in [-0.4, -0.2) is 29.7 Å². The van der Waals surface area contributed by atoms with Crippen LogP contribution in [-0.2, 0) is 13.6 Å². The number of nitrogens with one attached hydrogen (secondary N) is 1. The van der Waals surface area contributed by atoms with Gasteiger partial charge in [-0.15, -0.1) is 0 Å². The number of rotatable bonds is 4. The molecule has 0 aliphatic heterocycles. The molecule has 2 rings (SSSR count). The Balaban J connectivity index is 1.93. The minimum Gasteiger partial charge on any atom is -0.348 e. The number of nitrogens with zero attached hydrogens (tertiary/aromatic N) is 3. The lowest BCUT2D eigenvalue weighted by Gasteiger charge is -2.29. The van der Waals surface area contributed by atoms with Crippen LogP contribution >= 0.6 is 0 Å². The van der Waals surface area contributed by atoms with Crippen molar-refractivity contribution >= 4 is 5.95 Å². The molecule has 0 radical (unpaired) electrons. The zero-order chi connectivity index (χ0) is 13.1. The Kier molecular flexibility index (Phi) is 4.27. The second-order valence-electron chi connectivity index (χ2n) is 5.75. The average Bonchev–Trinajstić information content (AvgIpc) is 2.70. The molecule has 4 heteroatoms. The summed E-state index contributed by atoms with van der Waals surface area (Å²) in [7, 11) is 6.15. The Labute approximate surface area is 110 Å². The van der Waals surface area contributed by atoms with Gasteiger partial charge in [0.05, 0.1) is 11.9 Å². The third-order valence-corrected chi connectivity index (χ3v) is 4.12. The molecule has 18 heavy (non-hydrogen) atoms. The summed E-state index contributed by atoms with van der Waals surface area (Å²) in [5.74, 6) is 1.82. The molecule has 1 N–H and O–H groups in total. The minimum absolute atomic E-state index is 0.677. The number of imidazole rings is 1. The van der Waals surface area contributed by atoms with Crippen LogP contribution in [0.5, 0.6) is 0 Å². The molecule has 1 fully saturated rings.